The van der Waals surface area contributed by atoms with E-state index in [2.05, 4.69) is 5.32 Å². The lowest BCUT2D eigenvalue weighted by Gasteiger charge is -2.08. The molecule has 5 N–H and O–H groups in total. The molecule has 0 radical (unpaired) electrons. The van der Waals surface area contributed by atoms with Crippen LogP contribution in [-0.4, -0.2) is 5.91 Å². The second-order valence-electron chi connectivity index (χ2n) is 3.82. The molecule has 2 rings (SSSR count). The summed E-state index contributed by atoms with van der Waals surface area (Å²) in [6.07, 6.45) is 0. The summed E-state index contributed by atoms with van der Waals surface area (Å²) in [5.41, 5.74) is 13.3. The summed E-state index contributed by atoms with van der Waals surface area (Å²) < 4.78 is 0. The van der Waals surface area contributed by atoms with Gasteiger partial charge in [-0.05, 0) is 42.5 Å². The molecule has 0 bridgehead atoms. The summed E-state index contributed by atoms with van der Waals surface area (Å²) in [5.74, 6) is -0.248. The Morgan fingerprint density at radius 3 is 2.22 bits per heavy atom. The van der Waals surface area contributed by atoms with E-state index in [1.807, 2.05) is 0 Å². The number of amides is 1. The van der Waals surface area contributed by atoms with Gasteiger partial charge in [0, 0.05) is 16.9 Å². The number of benzene rings is 2. The second kappa shape index (κ2) is 4.98. The number of hydrogen-bond acceptors (Lipinski definition) is 3. The van der Waals surface area contributed by atoms with E-state index in [9.17, 15) is 4.79 Å². The fourth-order valence-electron chi connectivity index (χ4n) is 1.46. The lowest BCUT2D eigenvalue weighted by Crippen LogP contribution is -2.12. The number of nitrogens with one attached hydrogen (secondary N) is 1. The number of carbonyl (C=O) groups excluding carboxylic acids is 1. The van der Waals surface area contributed by atoms with E-state index in [0.29, 0.717) is 27.6 Å². The van der Waals surface area contributed by atoms with Crippen LogP contribution in [0.25, 0.3) is 0 Å². The van der Waals surface area contributed by atoms with E-state index >= 15 is 0 Å². The number of nitrogens with two attached hydrogens (primary N) is 2. The zero-order chi connectivity index (χ0) is 13.1. The second-order valence-corrected chi connectivity index (χ2v) is 4.22. The number of anilines is 3. The third-order valence-electron chi connectivity index (χ3n) is 2.41. The number of halogens is 1. The molecule has 0 saturated heterocycles. The zero-order valence-corrected chi connectivity index (χ0v) is 10.2. The molecule has 0 spiro atoms. The summed E-state index contributed by atoms with van der Waals surface area (Å²) in [6.45, 7) is 0. The average molecular weight is 262 g/mol. The third kappa shape index (κ3) is 2.73. The number of nitrogen functional groups attached to an aromatic ring is 2. The van der Waals surface area contributed by atoms with Crippen LogP contribution in [0.15, 0.2) is 42.5 Å². The van der Waals surface area contributed by atoms with Gasteiger partial charge < -0.3 is 16.8 Å². The van der Waals surface area contributed by atoms with E-state index in [-0.39, 0.29) is 5.91 Å². The Labute approximate surface area is 110 Å². The summed E-state index contributed by atoms with van der Waals surface area (Å²) in [7, 11) is 0. The summed E-state index contributed by atoms with van der Waals surface area (Å²) in [5, 5.41) is 3.11. The lowest BCUT2D eigenvalue weighted by atomic mass is 10.2. The Morgan fingerprint density at radius 2 is 1.61 bits per heavy atom. The van der Waals surface area contributed by atoms with Crippen LogP contribution in [0.5, 0.6) is 0 Å². The van der Waals surface area contributed by atoms with E-state index in [1.54, 1.807) is 42.5 Å². The first-order chi connectivity index (χ1) is 8.56. The quantitative estimate of drug-likeness (QED) is 0.727. The number of rotatable bonds is 2. The van der Waals surface area contributed by atoms with Crippen molar-refractivity contribution in [2.24, 2.45) is 0 Å². The number of hydrogen-bond donors (Lipinski definition) is 3. The van der Waals surface area contributed by atoms with Crippen molar-refractivity contribution in [3.63, 3.8) is 0 Å². The van der Waals surface area contributed by atoms with Crippen LogP contribution in [0.2, 0.25) is 5.02 Å². The molecule has 0 aromatic heterocycles. The molecular weight excluding hydrogens is 250 g/mol. The molecular formula is C13H12ClN3O. The van der Waals surface area contributed by atoms with Crippen molar-refractivity contribution in [1.29, 1.82) is 0 Å². The Bertz CT molecular complexity index is 581. The van der Waals surface area contributed by atoms with Gasteiger partial charge in [-0.25, -0.2) is 0 Å². The molecule has 0 unspecified atom stereocenters. The summed E-state index contributed by atoms with van der Waals surface area (Å²) in [4.78, 5) is 11.9. The van der Waals surface area contributed by atoms with Crippen LogP contribution < -0.4 is 16.8 Å². The Morgan fingerprint density at radius 1 is 1.00 bits per heavy atom. The predicted octanol–water partition coefficient (Wildman–Crippen LogP) is 2.76. The van der Waals surface area contributed by atoms with Gasteiger partial charge in [0.15, 0.2) is 0 Å². The molecule has 0 atom stereocenters. The van der Waals surface area contributed by atoms with Gasteiger partial charge in [0.05, 0.1) is 10.7 Å². The van der Waals surface area contributed by atoms with Crippen LogP contribution in [0.4, 0.5) is 17.1 Å². The fraction of sp³-hybridized carbons (Fsp3) is 0. The Kier molecular flexibility index (Phi) is 3.39. The van der Waals surface area contributed by atoms with Crippen molar-refractivity contribution >= 4 is 34.6 Å². The van der Waals surface area contributed by atoms with Crippen LogP contribution >= 0.6 is 11.6 Å². The Hall–Kier alpha value is -2.20. The molecule has 0 heterocycles. The first kappa shape index (κ1) is 12.3. The topological polar surface area (TPSA) is 81.1 Å². The van der Waals surface area contributed by atoms with Gasteiger partial charge >= 0.3 is 0 Å². The van der Waals surface area contributed by atoms with E-state index in [1.165, 1.54) is 0 Å². The van der Waals surface area contributed by atoms with E-state index < -0.39 is 0 Å². The van der Waals surface area contributed by atoms with Crippen LogP contribution in [0.1, 0.15) is 10.4 Å². The van der Waals surface area contributed by atoms with Gasteiger partial charge in [0.1, 0.15) is 0 Å². The fourth-order valence-corrected chi connectivity index (χ4v) is 1.70. The molecule has 0 aliphatic carbocycles. The van der Waals surface area contributed by atoms with Gasteiger partial charge in [-0.1, -0.05) is 11.6 Å². The Balaban J connectivity index is 2.18. The maximum Gasteiger partial charge on any atom is 0.255 e. The van der Waals surface area contributed by atoms with Gasteiger partial charge in [-0.3, -0.25) is 4.79 Å². The first-order valence-electron chi connectivity index (χ1n) is 5.28. The summed E-state index contributed by atoms with van der Waals surface area (Å²) >= 11 is 5.97. The molecule has 0 aliphatic heterocycles. The molecule has 92 valence electrons. The van der Waals surface area contributed by atoms with Crippen molar-refractivity contribution in [3.8, 4) is 0 Å². The molecule has 4 nitrogen and oxygen atoms in total. The van der Waals surface area contributed by atoms with Crippen molar-refractivity contribution < 1.29 is 4.79 Å². The van der Waals surface area contributed by atoms with E-state index in [4.69, 9.17) is 23.1 Å². The highest BCUT2D eigenvalue weighted by atomic mass is 35.5. The first-order valence-corrected chi connectivity index (χ1v) is 5.66. The molecule has 2 aromatic rings. The molecule has 0 fully saturated rings. The molecule has 18 heavy (non-hydrogen) atoms. The van der Waals surface area contributed by atoms with Crippen LogP contribution in [-0.2, 0) is 0 Å². The van der Waals surface area contributed by atoms with Gasteiger partial charge in [0.2, 0.25) is 0 Å². The minimum atomic E-state index is -0.248. The van der Waals surface area contributed by atoms with Crippen molar-refractivity contribution in [1.82, 2.24) is 0 Å². The van der Waals surface area contributed by atoms with Crippen molar-refractivity contribution in [3.05, 3.63) is 53.1 Å². The SMILES string of the molecule is Nc1ccc(C(=O)Nc2ccc(N)cc2Cl)cc1. The largest absolute Gasteiger partial charge is 0.399 e. The zero-order valence-electron chi connectivity index (χ0n) is 9.48. The van der Waals surface area contributed by atoms with Gasteiger partial charge in [0.25, 0.3) is 5.91 Å². The molecule has 5 heteroatoms. The van der Waals surface area contributed by atoms with Crippen molar-refractivity contribution in [2.75, 3.05) is 16.8 Å². The van der Waals surface area contributed by atoms with Crippen LogP contribution in [0, 0.1) is 0 Å². The van der Waals surface area contributed by atoms with Gasteiger partial charge in [-0.15, -0.1) is 0 Å². The number of carbonyl (C=O) groups is 1. The maximum atomic E-state index is 11.9. The average Bonchev–Trinajstić information content (AvgIpc) is 2.33. The van der Waals surface area contributed by atoms with Gasteiger partial charge in [-0.2, -0.15) is 0 Å². The molecule has 0 saturated carbocycles. The highest BCUT2D eigenvalue weighted by Gasteiger charge is 2.08. The predicted molar refractivity (Wildman–Crippen MR) is 74.7 cm³/mol. The maximum absolute atomic E-state index is 11.9. The minimum absolute atomic E-state index is 0.248. The summed E-state index contributed by atoms with van der Waals surface area (Å²) in [6, 6.07) is 11.5. The lowest BCUT2D eigenvalue weighted by molar-refractivity contribution is 0.102. The van der Waals surface area contributed by atoms with Crippen LogP contribution in [0.3, 0.4) is 0 Å². The molecule has 2 aromatic carbocycles. The minimum Gasteiger partial charge on any atom is -0.399 e. The monoisotopic (exact) mass is 261 g/mol. The third-order valence-corrected chi connectivity index (χ3v) is 2.73. The standard InChI is InChI=1S/C13H12ClN3O/c14-11-7-10(16)5-6-12(11)17-13(18)8-1-3-9(15)4-2-8/h1-7H,15-16H2,(H,17,18). The van der Waals surface area contributed by atoms with E-state index in [0.717, 1.165) is 0 Å². The van der Waals surface area contributed by atoms with Crippen molar-refractivity contribution in [2.45, 2.75) is 0 Å². The molecule has 1 amide bonds. The molecule has 0 aliphatic rings. The normalized spacial score (nSPS) is 10.1. The smallest absolute Gasteiger partial charge is 0.255 e. The highest BCUT2D eigenvalue weighted by Crippen LogP contribution is 2.24. The highest BCUT2D eigenvalue weighted by molar-refractivity contribution is 6.34.